The van der Waals surface area contributed by atoms with Crippen LogP contribution in [0.25, 0.3) is 0 Å². The molecular weight excluding hydrogens is 128 g/mol. The highest BCUT2D eigenvalue weighted by atomic mass is 32.1. The molecule has 0 bridgehead atoms. The number of benzene rings is 1. The maximum atomic E-state index is 5.13. The highest BCUT2D eigenvalue weighted by Gasteiger charge is 1.84. The Morgan fingerprint density at radius 2 is 2.22 bits per heavy atom. The van der Waals surface area contributed by atoms with Crippen molar-refractivity contribution in [3.63, 3.8) is 0 Å². The summed E-state index contributed by atoms with van der Waals surface area (Å²) in [6.07, 6.45) is 5.13. The molecule has 1 aromatic rings. The van der Waals surface area contributed by atoms with E-state index in [4.69, 9.17) is 6.42 Å². The molecule has 0 aliphatic rings. The summed E-state index contributed by atoms with van der Waals surface area (Å²) in [5, 5.41) is 0. The Morgan fingerprint density at radius 3 is 2.67 bits per heavy atom. The molecule has 0 atom stereocenters. The van der Waals surface area contributed by atoms with E-state index in [-0.39, 0.29) is 0 Å². The van der Waals surface area contributed by atoms with Gasteiger partial charge in [-0.05, 0) is 18.2 Å². The number of hydrogen-bond acceptors (Lipinski definition) is 1. The van der Waals surface area contributed by atoms with E-state index in [1.807, 2.05) is 24.3 Å². The molecule has 0 nitrogen and oxygen atoms in total. The molecule has 0 aliphatic heterocycles. The van der Waals surface area contributed by atoms with E-state index in [0.29, 0.717) is 0 Å². The summed E-state index contributed by atoms with van der Waals surface area (Å²) < 4.78 is 0. The fourth-order valence-corrected chi connectivity index (χ4v) is 0.821. The molecule has 1 rings (SSSR count). The van der Waals surface area contributed by atoms with Crippen LogP contribution in [-0.4, -0.2) is 0 Å². The number of thiol groups is 1. The Kier molecular flexibility index (Phi) is 1.81. The molecule has 0 saturated heterocycles. The largest absolute Gasteiger partial charge is 0.143 e. The van der Waals surface area contributed by atoms with Crippen LogP contribution < -0.4 is 0 Å². The standard InChI is InChI=1S/C8H6S/c1-2-7-4-3-5-8(9)6-7/h1,3-6,9H. The highest BCUT2D eigenvalue weighted by Crippen LogP contribution is 2.06. The third-order valence-electron chi connectivity index (χ3n) is 1.01. The van der Waals surface area contributed by atoms with Crippen LogP contribution >= 0.6 is 12.6 Å². The summed E-state index contributed by atoms with van der Waals surface area (Å²) >= 11 is 4.11. The smallest absolute Gasteiger partial charge is 0.0253 e. The Labute approximate surface area is 60.3 Å². The molecule has 0 aromatic heterocycles. The molecule has 0 saturated carbocycles. The summed E-state index contributed by atoms with van der Waals surface area (Å²) in [5.41, 5.74) is 0.877. The van der Waals surface area contributed by atoms with E-state index in [2.05, 4.69) is 18.5 Å². The van der Waals surface area contributed by atoms with Gasteiger partial charge in [0.05, 0.1) is 0 Å². The zero-order chi connectivity index (χ0) is 6.69. The molecule has 0 spiro atoms. The first-order valence-electron chi connectivity index (χ1n) is 2.58. The minimum Gasteiger partial charge on any atom is -0.143 e. The number of rotatable bonds is 0. The van der Waals surface area contributed by atoms with Gasteiger partial charge in [0.15, 0.2) is 0 Å². The summed E-state index contributed by atoms with van der Waals surface area (Å²) in [6, 6.07) is 7.50. The monoisotopic (exact) mass is 134 g/mol. The van der Waals surface area contributed by atoms with Gasteiger partial charge in [0.25, 0.3) is 0 Å². The van der Waals surface area contributed by atoms with Gasteiger partial charge in [-0.25, -0.2) is 0 Å². The maximum Gasteiger partial charge on any atom is 0.0253 e. The predicted molar refractivity (Wildman–Crippen MR) is 41.6 cm³/mol. The molecule has 0 unspecified atom stereocenters. The molecular formula is C8H6S. The van der Waals surface area contributed by atoms with E-state index in [1.165, 1.54) is 0 Å². The molecule has 9 heavy (non-hydrogen) atoms. The minimum absolute atomic E-state index is 0.877. The van der Waals surface area contributed by atoms with Crippen LogP contribution in [0.1, 0.15) is 5.56 Å². The van der Waals surface area contributed by atoms with Crippen molar-refractivity contribution in [1.29, 1.82) is 0 Å². The third kappa shape index (κ3) is 1.51. The second-order valence-electron chi connectivity index (χ2n) is 1.69. The molecule has 0 aliphatic carbocycles. The van der Waals surface area contributed by atoms with Crippen molar-refractivity contribution in [2.24, 2.45) is 0 Å². The summed E-state index contributed by atoms with van der Waals surface area (Å²) in [7, 11) is 0. The van der Waals surface area contributed by atoms with Crippen LogP contribution in [0.3, 0.4) is 0 Å². The lowest BCUT2D eigenvalue weighted by atomic mass is 10.2. The molecule has 0 N–H and O–H groups in total. The fraction of sp³-hybridized carbons (Fsp3) is 0. The molecule has 44 valence electrons. The van der Waals surface area contributed by atoms with E-state index in [0.717, 1.165) is 10.5 Å². The lowest BCUT2D eigenvalue weighted by Crippen LogP contribution is -1.70. The first-order chi connectivity index (χ1) is 4.33. The second kappa shape index (κ2) is 2.61. The average molecular weight is 134 g/mol. The number of hydrogen-bond donors (Lipinski definition) is 1. The van der Waals surface area contributed by atoms with Crippen molar-refractivity contribution in [3.8, 4) is 12.3 Å². The summed E-state index contributed by atoms with van der Waals surface area (Å²) in [6.45, 7) is 0. The molecule has 0 fully saturated rings. The Morgan fingerprint density at radius 1 is 1.44 bits per heavy atom. The molecule has 0 amide bonds. The fourth-order valence-electron chi connectivity index (χ4n) is 0.596. The number of terminal acetylenes is 1. The normalized spacial score (nSPS) is 8.44. The van der Waals surface area contributed by atoms with Crippen LogP contribution in [0, 0.1) is 12.3 Å². The van der Waals surface area contributed by atoms with Crippen LogP contribution in [0.15, 0.2) is 29.2 Å². The van der Waals surface area contributed by atoms with E-state index in [9.17, 15) is 0 Å². The van der Waals surface area contributed by atoms with Crippen molar-refractivity contribution in [1.82, 2.24) is 0 Å². The first kappa shape index (κ1) is 6.25. The predicted octanol–water partition coefficient (Wildman–Crippen LogP) is 1.96. The quantitative estimate of drug-likeness (QED) is 0.407. The lowest BCUT2D eigenvalue weighted by Gasteiger charge is -1.89. The van der Waals surface area contributed by atoms with Crippen molar-refractivity contribution in [2.45, 2.75) is 4.90 Å². The zero-order valence-corrected chi connectivity index (χ0v) is 5.73. The SMILES string of the molecule is C#Cc1cccc(S)c1. The highest BCUT2D eigenvalue weighted by molar-refractivity contribution is 7.80. The Bertz CT molecular complexity index is 245. The van der Waals surface area contributed by atoms with Crippen molar-refractivity contribution >= 4 is 12.6 Å². The van der Waals surface area contributed by atoms with Gasteiger partial charge >= 0.3 is 0 Å². The topological polar surface area (TPSA) is 0 Å². The summed E-state index contributed by atoms with van der Waals surface area (Å²) in [4.78, 5) is 0.908. The van der Waals surface area contributed by atoms with Crippen molar-refractivity contribution < 1.29 is 0 Å². The van der Waals surface area contributed by atoms with Gasteiger partial charge < -0.3 is 0 Å². The average Bonchev–Trinajstić information content (AvgIpc) is 1.88. The molecule has 1 heteroatoms. The van der Waals surface area contributed by atoms with Gasteiger partial charge in [0.2, 0.25) is 0 Å². The maximum absolute atomic E-state index is 5.13. The Hall–Kier alpha value is -0.870. The van der Waals surface area contributed by atoms with Gasteiger partial charge in [0.1, 0.15) is 0 Å². The molecule has 0 heterocycles. The van der Waals surface area contributed by atoms with Crippen LogP contribution in [0.4, 0.5) is 0 Å². The zero-order valence-electron chi connectivity index (χ0n) is 4.83. The third-order valence-corrected chi connectivity index (χ3v) is 1.29. The van der Waals surface area contributed by atoms with Crippen LogP contribution in [0.5, 0.6) is 0 Å². The van der Waals surface area contributed by atoms with Crippen LogP contribution in [-0.2, 0) is 0 Å². The van der Waals surface area contributed by atoms with Crippen molar-refractivity contribution in [2.75, 3.05) is 0 Å². The van der Waals surface area contributed by atoms with Gasteiger partial charge in [0, 0.05) is 10.5 Å². The first-order valence-corrected chi connectivity index (χ1v) is 3.03. The van der Waals surface area contributed by atoms with Gasteiger partial charge in [-0.3, -0.25) is 0 Å². The van der Waals surface area contributed by atoms with Crippen molar-refractivity contribution in [3.05, 3.63) is 29.8 Å². The second-order valence-corrected chi connectivity index (χ2v) is 2.21. The van der Waals surface area contributed by atoms with Gasteiger partial charge in [-0.1, -0.05) is 12.0 Å². The van der Waals surface area contributed by atoms with E-state index < -0.39 is 0 Å². The van der Waals surface area contributed by atoms with Gasteiger partial charge in [-0.15, -0.1) is 19.1 Å². The van der Waals surface area contributed by atoms with E-state index in [1.54, 1.807) is 0 Å². The Balaban J connectivity index is 3.12. The molecule has 0 radical (unpaired) electrons. The summed E-state index contributed by atoms with van der Waals surface area (Å²) in [5.74, 6) is 2.52. The lowest BCUT2D eigenvalue weighted by molar-refractivity contribution is 1.45. The van der Waals surface area contributed by atoms with Crippen LogP contribution in [0.2, 0.25) is 0 Å². The minimum atomic E-state index is 0.877. The van der Waals surface area contributed by atoms with E-state index >= 15 is 0 Å². The van der Waals surface area contributed by atoms with Gasteiger partial charge in [-0.2, -0.15) is 0 Å². The molecule has 1 aromatic carbocycles.